The molecule has 0 spiro atoms. The van der Waals surface area contributed by atoms with Gasteiger partial charge in [0.05, 0.1) is 12.8 Å². The topological polar surface area (TPSA) is 114 Å². The van der Waals surface area contributed by atoms with Crippen LogP contribution >= 0.6 is 0 Å². The molecule has 0 bridgehead atoms. The van der Waals surface area contributed by atoms with Crippen LogP contribution in [0.15, 0.2) is 109 Å². The molecule has 1 aliphatic rings. The number of carbonyl (C=O) groups excluding carboxylic acids is 3. The number of hydrogen-bond acceptors (Lipinski definition) is 6. The molecule has 5 rings (SSSR count). The van der Waals surface area contributed by atoms with Crippen molar-refractivity contribution in [2.75, 3.05) is 31.1 Å². The zero-order chi connectivity index (χ0) is 31.4. The van der Waals surface area contributed by atoms with E-state index in [-0.39, 0.29) is 18.7 Å². The Hall–Kier alpha value is -5.31. The van der Waals surface area contributed by atoms with Crippen LogP contribution in [0.3, 0.4) is 0 Å². The summed E-state index contributed by atoms with van der Waals surface area (Å²) in [5.41, 5.74) is 9.21. The predicted octanol–water partition coefficient (Wildman–Crippen LogP) is 4.10. The number of anilines is 1. The van der Waals surface area contributed by atoms with Crippen LogP contribution in [-0.4, -0.2) is 54.8 Å². The first kappa shape index (κ1) is 31.1. The lowest BCUT2D eigenvalue weighted by Crippen LogP contribution is -2.56. The monoisotopic (exact) mass is 606 g/mol. The van der Waals surface area contributed by atoms with Gasteiger partial charge in [0.25, 0.3) is 0 Å². The number of ether oxygens (including phenoxy) is 2. The number of piperazine rings is 1. The minimum absolute atomic E-state index is 0.0621. The average Bonchev–Trinajstić information content (AvgIpc) is 3.07. The SMILES string of the molecule is NC(=O)C[C@H](NC(=O)Cc1ccc(OCc2ccccc2)cc1OCc1ccccc1)C(=O)N1CCN(c2ccccc2)CC1. The molecular weight excluding hydrogens is 568 g/mol. The Morgan fingerprint density at radius 3 is 1.91 bits per heavy atom. The van der Waals surface area contributed by atoms with Crippen LogP contribution in [0.5, 0.6) is 11.5 Å². The minimum Gasteiger partial charge on any atom is -0.489 e. The maximum absolute atomic E-state index is 13.5. The van der Waals surface area contributed by atoms with E-state index < -0.39 is 17.9 Å². The van der Waals surface area contributed by atoms with Gasteiger partial charge >= 0.3 is 0 Å². The number of nitrogens with two attached hydrogens (primary N) is 1. The van der Waals surface area contributed by atoms with E-state index >= 15 is 0 Å². The van der Waals surface area contributed by atoms with Crippen LogP contribution in [0.4, 0.5) is 5.69 Å². The molecule has 9 heteroatoms. The van der Waals surface area contributed by atoms with Gasteiger partial charge in [0.15, 0.2) is 0 Å². The van der Waals surface area contributed by atoms with Gasteiger partial charge in [-0.3, -0.25) is 14.4 Å². The summed E-state index contributed by atoms with van der Waals surface area (Å²) >= 11 is 0. The van der Waals surface area contributed by atoms with E-state index in [4.69, 9.17) is 15.2 Å². The van der Waals surface area contributed by atoms with E-state index in [9.17, 15) is 14.4 Å². The van der Waals surface area contributed by atoms with E-state index in [1.165, 1.54) is 0 Å². The van der Waals surface area contributed by atoms with Crippen LogP contribution in [0.25, 0.3) is 0 Å². The van der Waals surface area contributed by atoms with Crippen LogP contribution in [0.1, 0.15) is 23.1 Å². The van der Waals surface area contributed by atoms with E-state index in [1.54, 1.807) is 23.1 Å². The molecule has 3 N–H and O–H groups in total. The average molecular weight is 607 g/mol. The zero-order valence-corrected chi connectivity index (χ0v) is 25.1. The highest BCUT2D eigenvalue weighted by Crippen LogP contribution is 2.27. The Kier molecular flexibility index (Phi) is 10.7. The van der Waals surface area contributed by atoms with Crippen molar-refractivity contribution in [2.45, 2.75) is 32.1 Å². The summed E-state index contributed by atoms with van der Waals surface area (Å²) in [4.78, 5) is 42.6. The molecule has 0 aliphatic carbocycles. The fourth-order valence-electron chi connectivity index (χ4n) is 5.25. The van der Waals surface area contributed by atoms with Crippen molar-refractivity contribution in [3.8, 4) is 11.5 Å². The number of nitrogens with zero attached hydrogens (tertiary/aromatic N) is 2. The van der Waals surface area contributed by atoms with Crippen LogP contribution in [0, 0.1) is 0 Å². The fraction of sp³-hybridized carbons (Fsp3) is 0.250. The van der Waals surface area contributed by atoms with E-state index in [1.807, 2.05) is 91.0 Å². The smallest absolute Gasteiger partial charge is 0.245 e. The molecule has 1 saturated heterocycles. The summed E-state index contributed by atoms with van der Waals surface area (Å²) in [5.74, 6) is -0.305. The molecule has 9 nitrogen and oxygen atoms in total. The number of carbonyl (C=O) groups is 3. The Labute approximate surface area is 263 Å². The molecule has 4 aromatic carbocycles. The zero-order valence-electron chi connectivity index (χ0n) is 25.1. The summed E-state index contributed by atoms with van der Waals surface area (Å²) in [6.07, 6.45) is -0.347. The van der Waals surface area contributed by atoms with Gasteiger partial charge in [0.2, 0.25) is 17.7 Å². The predicted molar refractivity (Wildman–Crippen MR) is 173 cm³/mol. The molecule has 0 aromatic heterocycles. The number of amides is 3. The number of nitrogens with one attached hydrogen (secondary N) is 1. The van der Waals surface area contributed by atoms with E-state index in [2.05, 4.69) is 10.2 Å². The molecule has 4 aromatic rings. The molecule has 1 fully saturated rings. The van der Waals surface area contributed by atoms with Crippen molar-refractivity contribution in [3.05, 3.63) is 126 Å². The highest BCUT2D eigenvalue weighted by Gasteiger charge is 2.30. The second-order valence-corrected chi connectivity index (χ2v) is 10.9. The van der Waals surface area contributed by atoms with Crippen molar-refractivity contribution in [2.24, 2.45) is 5.73 Å². The van der Waals surface area contributed by atoms with Gasteiger partial charge in [0, 0.05) is 43.5 Å². The van der Waals surface area contributed by atoms with Gasteiger partial charge < -0.3 is 30.3 Å². The van der Waals surface area contributed by atoms with Crippen LogP contribution in [-0.2, 0) is 34.0 Å². The Morgan fingerprint density at radius 1 is 0.733 bits per heavy atom. The van der Waals surface area contributed by atoms with Crippen LogP contribution < -0.4 is 25.4 Å². The third kappa shape index (κ3) is 9.09. The van der Waals surface area contributed by atoms with Gasteiger partial charge in [-0.1, -0.05) is 84.9 Å². The van der Waals surface area contributed by atoms with Crippen molar-refractivity contribution in [1.29, 1.82) is 0 Å². The molecule has 0 saturated carbocycles. The van der Waals surface area contributed by atoms with Gasteiger partial charge in [-0.2, -0.15) is 0 Å². The highest BCUT2D eigenvalue weighted by atomic mass is 16.5. The third-order valence-electron chi connectivity index (χ3n) is 7.63. The first-order chi connectivity index (χ1) is 21.9. The maximum Gasteiger partial charge on any atom is 0.245 e. The number of para-hydroxylation sites is 1. The fourth-order valence-corrected chi connectivity index (χ4v) is 5.25. The third-order valence-corrected chi connectivity index (χ3v) is 7.63. The lowest BCUT2D eigenvalue weighted by molar-refractivity contribution is -0.138. The number of rotatable bonds is 13. The number of hydrogen-bond donors (Lipinski definition) is 2. The molecular formula is C36H38N4O5. The molecule has 3 amide bonds. The Bertz CT molecular complexity index is 1560. The van der Waals surface area contributed by atoms with Gasteiger partial charge in [-0.25, -0.2) is 0 Å². The van der Waals surface area contributed by atoms with Crippen LogP contribution in [0.2, 0.25) is 0 Å². The van der Waals surface area contributed by atoms with E-state index in [0.29, 0.717) is 56.5 Å². The molecule has 0 unspecified atom stereocenters. The molecule has 1 atom stereocenters. The molecule has 45 heavy (non-hydrogen) atoms. The van der Waals surface area contributed by atoms with Crippen molar-refractivity contribution < 1.29 is 23.9 Å². The largest absolute Gasteiger partial charge is 0.489 e. The summed E-state index contributed by atoms with van der Waals surface area (Å²) in [6, 6.07) is 33.8. The van der Waals surface area contributed by atoms with Gasteiger partial charge in [-0.05, 0) is 29.3 Å². The summed E-state index contributed by atoms with van der Waals surface area (Å²) in [5, 5.41) is 2.77. The highest BCUT2D eigenvalue weighted by molar-refractivity contribution is 5.92. The second kappa shape index (κ2) is 15.4. The molecule has 232 valence electrons. The van der Waals surface area contributed by atoms with Gasteiger partial charge in [0.1, 0.15) is 30.8 Å². The maximum atomic E-state index is 13.5. The normalized spacial score (nSPS) is 13.5. The van der Waals surface area contributed by atoms with Crippen molar-refractivity contribution in [1.82, 2.24) is 10.2 Å². The number of benzene rings is 4. The second-order valence-electron chi connectivity index (χ2n) is 10.9. The summed E-state index contributed by atoms with van der Waals surface area (Å²) in [7, 11) is 0. The Morgan fingerprint density at radius 2 is 1.31 bits per heavy atom. The first-order valence-electron chi connectivity index (χ1n) is 15.1. The summed E-state index contributed by atoms with van der Waals surface area (Å²) < 4.78 is 12.2. The van der Waals surface area contributed by atoms with Crippen molar-refractivity contribution in [3.63, 3.8) is 0 Å². The first-order valence-corrected chi connectivity index (χ1v) is 15.1. The lowest BCUT2D eigenvalue weighted by atomic mass is 10.1. The molecule has 1 heterocycles. The molecule has 1 aliphatic heterocycles. The lowest BCUT2D eigenvalue weighted by Gasteiger charge is -2.37. The standard InChI is InChI=1S/C36H38N4O5/c37-34(41)24-32(36(43)40-20-18-39(19-21-40)30-14-8-3-9-15-30)38-35(42)22-29-16-17-31(44-25-27-10-4-1-5-11-27)23-33(29)45-26-28-12-6-2-7-13-28/h1-17,23,32H,18-22,24-26H2,(H2,37,41)(H,38,42)/t32-/m0/s1. The minimum atomic E-state index is -1.06. The van der Waals surface area contributed by atoms with E-state index in [0.717, 1.165) is 16.8 Å². The number of primary amides is 1. The molecule has 0 radical (unpaired) electrons. The summed E-state index contributed by atoms with van der Waals surface area (Å²) in [6.45, 7) is 2.92. The van der Waals surface area contributed by atoms with Crippen molar-refractivity contribution >= 4 is 23.4 Å². The quantitative estimate of drug-likeness (QED) is 0.237. The van der Waals surface area contributed by atoms with Gasteiger partial charge in [-0.15, -0.1) is 0 Å². The Balaban J connectivity index is 1.25.